The third-order valence-corrected chi connectivity index (χ3v) is 2.60. The third kappa shape index (κ3) is 2.21. The molecular weight excluding hydrogens is 154 g/mol. The summed E-state index contributed by atoms with van der Waals surface area (Å²) < 4.78 is 0. The Labute approximate surface area is 74.1 Å². The average Bonchev–Trinajstić information content (AvgIpc) is 2.51. The lowest BCUT2D eigenvalue weighted by Gasteiger charge is -2.21. The van der Waals surface area contributed by atoms with Crippen LogP contribution < -0.4 is 5.32 Å². The minimum atomic E-state index is 0.135. The number of hydrogen-bond donors (Lipinski definition) is 1. The van der Waals surface area contributed by atoms with Crippen LogP contribution in [0, 0.1) is 0 Å². The van der Waals surface area contributed by atoms with Gasteiger partial charge in [-0.05, 0) is 25.8 Å². The molecule has 1 fully saturated rings. The maximum Gasteiger partial charge on any atom is 0.233 e. The summed E-state index contributed by atoms with van der Waals surface area (Å²) in [6.07, 6.45) is 3.67. The number of likely N-dealkylation sites (tertiary alicyclic amines) is 1. The van der Waals surface area contributed by atoms with Gasteiger partial charge >= 0.3 is 0 Å². The van der Waals surface area contributed by atoms with Crippen molar-refractivity contribution >= 4 is 5.91 Å². The molecule has 0 bridgehead atoms. The van der Waals surface area contributed by atoms with Crippen LogP contribution in [0.25, 0.3) is 0 Å². The molecule has 3 nitrogen and oxygen atoms in total. The summed E-state index contributed by atoms with van der Waals surface area (Å²) in [5.74, 6) is 0.135. The van der Waals surface area contributed by atoms with Gasteiger partial charge in [0.25, 0.3) is 0 Å². The van der Waals surface area contributed by atoms with E-state index in [1.54, 1.807) is 7.05 Å². The number of amides is 1. The van der Waals surface area contributed by atoms with Crippen molar-refractivity contribution in [3.8, 4) is 0 Å². The van der Waals surface area contributed by atoms with Gasteiger partial charge in [-0.25, -0.2) is 0 Å². The first-order valence-electron chi connectivity index (χ1n) is 4.72. The maximum atomic E-state index is 11.1. The molecule has 0 spiro atoms. The van der Waals surface area contributed by atoms with E-state index in [4.69, 9.17) is 0 Å². The molecule has 0 aromatic rings. The van der Waals surface area contributed by atoms with Crippen LogP contribution >= 0.6 is 0 Å². The van der Waals surface area contributed by atoms with Crippen molar-refractivity contribution in [2.24, 2.45) is 0 Å². The number of hydrogen-bond acceptors (Lipinski definition) is 2. The Bertz CT molecular complexity index is 159. The number of rotatable bonds is 3. The van der Waals surface area contributed by atoms with E-state index in [2.05, 4.69) is 17.1 Å². The molecular formula is C9H18N2O. The number of nitrogens with one attached hydrogen (secondary N) is 1. The van der Waals surface area contributed by atoms with Gasteiger partial charge in [0.05, 0.1) is 6.54 Å². The Morgan fingerprint density at radius 2 is 2.42 bits per heavy atom. The fourth-order valence-corrected chi connectivity index (χ4v) is 1.83. The van der Waals surface area contributed by atoms with Crippen LogP contribution in [0.1, 0.15) is 26.2 Å². The second kappa shape index (κ2) is 4.45. The standard InChI is InChI=1S/C9H18N2O/c1-3-8-5-4-6-11(8)7-9(12)10-2/h8H,3-7H2,1-2H3,(H,10,12)/i2+1,10+1. The minimum absolute atomic E-state index is 0.135. The van der Waals surface area contributed by atoms with E-state index < -0.39 is 0 Å². The molecule has 0 aliphatic carbocycles. The fourth-order valence-electron chi connectivity index (χ4n) is 1.83. The van der Waals surface area contributed by atoms with Gasteiger partial charge in [-0.2, -0.15) is 0 Å². The molecule has 0 aromatic heterocycles. The Morgan fingerprint density at radius 1 is 1.67 bits per heavy atom. The van der Waals surface area contributed by atoms with Crippen molar-refractivity contribution in [1.82, 2.24) is 10.2 Å². The van der Waals surface area contributed by atoms with Crippen molar-refractivity contribution in [3.63, 3.8) is 0 Å². The van der Waals surface area contributed by atoms with E-state index in [1.165, 1.54) is 12.8 Å². The first-order valence-corrected chi connectivity index (χ1v) is 4.72. The Balaban J connectivity index is 2.35. The van der Waals surface area contributed by atoms with Crippen LogP contribution in [-0.4, -0.2) is 37.0 Å². The molecule has 70 valence electrons. The number of nitrogens with zero attached hydrogens (tertiary/aromatic N) is 1. The summed E-state index contributed by atoms with van der Waals surface area (Å²) >= 11 is 0. The summed E-state index contributed by atoms with van der Waals surface area (Å²) in [6, 6.07) is 0.641. The second-order valence-corrected chi connectivity index (χ2v) is 3.35. The number of carbonyl (C=O) groups excluding carboxylic acids is 1. The van der Waals surface area contributed by atoms with Crippen LogP contribution in [0.5, 0.6) is 0 Å². The molecule has 0 saturated carbocycles. The lowest BCUT2D eigenvalue weighted by Crippen LogP contribution is -2.38. The van der Waals surface area contributed by atoms with Gasteiger partial charge in [0.1, 0.15) is 0 Å². The van der Waals surface area contributed by atoms with Crippen LogP contribution in [0.15, 0.2) is 0 Å². The van der Waals surface area contributed by atoms with Gasteiger partial charge < -0.3 is 5.32 Å². The highest BCUT2D eigenvalue weighted by Crippen LogP contribution is 2.18. The quantitative estimate of drug-likeness (QED) is 0.499. The lowest BCUT2D eigenvalue weighted by molar-refractivity contribution is -0.121. The first kappa shape index (κ1) is 9.52. The molecule has 1 atom stereocenters. The van der Waals surface area contributed by atoms with E-state index in [0.717, 1.165) is 13.0 Å². The molecule has 1 N–H and O–H groups in total. The summed E-state index contributed by atoms with van der Waals surface area (Å²) in [6.45, 7) is 3.85. The van der Waals surface area contributed by atoms with Crippen molar-refractivity contribution in [3.05, 3.63) is 0 Å². The first-order chi connectivity index (χ1) is 5.77. The van der Waals surface area contributed by atoms with Gasteiger partial charge in [0, 0.05) is 13.1 Å². The molecule has 0 aromatic carbocycles. The van der Waals surface area contributed by atoms with Crippen molar-refractivity contribution < 1.29 is 4.79 Å². The smallest absolute Gasteiger partial charge is 0.233 e. The van der Waals surface area contributed by atoms with Crippen LogP contribution in [0.4, 0.5) is 0 Å². The highest BCUT2D eigenvalue weighted by molar-refractivity contribution is 5.77. The Hall–Kier alpha value is -0.570. The minimum Gasteiger partial charge on any atom is -0.358 e. The average molecular weight is 172 g/mol. The summed E-state index contributed by atoms with van der Waals surface area (Å²) in [5, 5.41) is 2.66. The second-order valence-electron chi connectivity index (χ2n) is 3.35. The van der Waals surface area contributed by atoms with Crippen LogP contribution in [0.3, 0.4) is 0 Å². The van der Waals surface area contributed by atoms with Crippen molar-refractivity contribution in [2.75, 3.05) is 20.1 Å². The Kier molecular flexibility index (Phi) is 3.53. The molecule has 1 unspecified atom stereocenters. The van der Waals surface area contributed by atoms with Crippen LogP contribution in [0.2, 0.25) is 0 Å². The highest BCUT2D eigenvalue weighted by Gasteiger charge is 2.23. The topological polar surface area (TPSA) is 32.3 Å². The van der Waals surface area contributed by atoms with Gasteiger partial charge in [-0.1, -0.05) is 6.92 Å². The van der Waals surface area contributed by atoms with E-state index in [0.29, 0.717) is 12.6 Å². The predicted molar refractivity (Wildman–Crippen MR) is 49.0 cm³/mol. The largest absolute Gasteiger partial charge is 0.358 e. The zero-order valence-electron chi connectivity index (χ0n) is 7.97. The summed E-state index contributed by atoms with van der Waals surface area (Å²) in [5.41, 5.74) is 0. The van der Waals surface area contributed by atoms with Gasteiger partial charge in [-0.3, -0.25) is 9.69 Å². The SMILES string of the molecule is CCC1CCCN1CC(=O)[15NH][13CH3]. The molecule has 3 heteroatoms. The summed E-state index contributed by atoms with van der Waals surface area (Å²) in [7, 11) is 1.69. The van der Waals surface area contributed by atoms with E-state index >= 15 is 0 Å². The maximum absolute atomic E-state index is 11.1. The van der Waals surface area contributed by atoms with E-state index in [9.17, 15) is 4.79 Å². The van der Waals surface area contributed by atoms with Gasteiger partial charge in [0.2, 0.25) is 5.91 Å². The number of carbonyl (C=O) groups is 1. The molecule has 1 aliphatic rings. The predicted octanol–water partition coefficient (Wildman–Crippen LogP) is 0.607. The Morgan fingerprint density at radius 3 is 3.00 bits per heavy atom. The fraction of sp³-hybridized carbons (Fsp3) is 0.889. The molecule has 1 heterocycles. The number of likely N-dealkylation sites (N-methyl/N-ethyl adjacent to an activating group) is 1. The van der Waals surface area contributed by atoms with Gasteiger partial charge in [-0.15, -0.1) is 0 Å². The van der Waals surface area contributed by atoms with Crippen LogP contribution in [-0.2, 0) is 4.79 Å². The lowest BCUT2D eigenvalue weighted by atomic mass is 10.2. The van der Waals surface area contributed by atoms with Crippen molar-refractivity contribution in [2.45, 2.75) is 32.2 Å². The highest BCUT2D eigenvalue weighted by atomic mass is 16.2. The molecule has 12 heavy (non-hydrogen) atoms. The van der Waals surface area contributed by atoms with Crippen molar-refractivity contribution in [1.29, 1.82) is 0 Å². The molecule has 1 rings (SSSR count). The zero-order chi connectivity index (χ0) is 8.97. The third-order valence-electron chi connectivity index (χ3n) is 2.60. The molecule has 1 amide bonds. The molecule has 1 saturated heterocycles. The van der Waals surface area contributed by atoms with Gasteiger partial charge in [0.15, 0.2) is 0 Å². The molecule has 0 radical (unpaired) electrons. The zero-order valence-corrected chi connectivity index (χ0v) is 7.97. The molecule has 1 aliphatic heterocycles. The monoisotopic (exact) mass is 172 g/mol. The normalized spacial score (nSPS) is 24.3. The van der Waals surface area contributed by atoms with E-state index in [-0.39, 0.29) is 5.91 Å². The summed E-state index contributed by atoms with van der Waals surface area (Å²) in [4.78, 5) is 13.4. The van der Waals surface area contributed by atoms with E-state index in [1.807, 2.05) is 0 Å².